The highest BCUT2D eigenvalue weighted by Crippen LogP contribution is 2.56. The van der Waals surface area contributed by atoms with E-state index in [9.17, 15) is 29.1 Å². The molecule has 0 aromatic heterocycles. The lowest BCUT2D eigenvalue weighted by Gasteiger charge is -2.42. The number of benzene rings is 1. The highest BCUT2D eigenvalue weighted by Gasteiger charge is 2.56. The van der Waals surface area contributed by atoms with Crippen LogP contribution in [0.25, 0.3) is 0 Å². The normalized spacial score (nSPS) is 26.2. The van der Waals surface area contributed by atoms with E-state index >= 15 is 0 Å². The Morgan fingerprint density at radius 1 is 1.08 bits per heavy atom. The van der Waals surface area contributed by atoms with Crippen LogP contribution in [0.3, 0.4) is 0 Å². The van der Waals surface area contributed by atoms with Crippen LogP contribution in [0, 0.1) is 17.8 Å². The number of hydrogen-bond acceptors (Lipinski definition) is 7. The molecule has 4 aliphatic rings. The van der Waals surface area contributed by atoms with Crippen LogP contribution < -0.4 is 4.74 Å². The number of carbonyl (C=O) groups excluding carboxylic acids is 4. The van der Waals surface area contributed by atoms with Gasteiger partial charge in [0, 0.05) is 41.2 Å². The van der Waals surface area contributed by atoms with Crippen molar-refractivity contribution in [1.29, 1.82) is 0 Å². The number of unbranched alkanes of at least 4 members (excludes halogenated alkanes) is 2. The highest BCUT2D eigenvalue weighted by molar-refractivity contribution is 6.24. The number of phenols is 1. The van der Waals surface area contributed by atoms with Crippen LogP contribution in [-0.2, 0) is 24.0 Å². The second-order valence-corrected chi connectivity index (χ2v) is 10.7. The number of carboxylic acids is 1. The van der Waals surface area contributed by atoms with Crippen molar-refractivity contribution < 1.29 is 38.9 Å². The van der Waals surface area contributed by atoms with Crippen molar-refractivity contribution in [3.63, 3.8) is 0 Å². The predicted octanol–water partition coefficient (Wildman–Crippen LogP) is 3.48. The number of aliphatic carboxylic acids is 1. The van der Waals surface area contributed by atoms with Crippen LogP contribution in [-0.4, -0.2) is 58.1 Å². The summed E-state index contributed by atoms with van der Waals surface area (Å²) in [5, 5.41) is 19.9. The summed E-state index contributed by atoms with van der Waals surface area (Å²) in [6, 6.07) is 5.00. The largest absolute Gasteiger partial charge is 0.504 e. The molecule has 5 rings (SSSR count). The number of amides is 2. The number of para-hydroxylation sites is 1. The van der Waals surface area contributed by atoms with E-state index in [0.717, 1.165) is 5.57 Å². The molecule has 0 bridgehead atoms. The predicted molar refractivity (Wildman–Crippen MR) is 139 cm³/mol. The molecule has 0 saturated carbocycles. The van der Waals surface area contributed by atoms with Crippen LogP contribution in [0.1, 0.15) is 56.9 Å². The Balaban J connectivity index is 1.52. The minimum Gasteiger partial charge on any atom is -0.504 e. The maximum Gasteiger partial charge on any atom is 0.303 e. The molecule has 39 heavy (non-hydrogen) atoms. The molecule has 0 radical (unpaired) electrons. The Kier molecular flexibility index (Phi) is 7.01. The van der Waals surface area contributed by atoms with E-state index in [1.54, 1.807) is 25.1 Å². The van der Waals surface area contributed by atoms with Crippen molar-refractivity contribution in [2.75, 3.05) is 13.7 Å². The first-order chi connectivity index (χ1) is 18.6. The van der Waals surface area contributed by atoms with Crippen molar-refractivity contribution in [2.45, 2.75) is 51.4 Å². The average molecular weight is 534 g/mol. The third-order valence-corrected chi connectivity index (χ3v) is 8.49. The summed E-state index contributed by atoms with van der Waals surface area (Å²) in [5.74, 6) is -4.33. The fraction of sp³-hybridized carbons (Fsp3) is 0.433. The quantitative estimate of drug-likeness (QED) is 0.224. The lowest BCUT2D eigenvalue weighted by molar-refractivity contribution is -0.141. The zero-order valence-corrected chi connectivity index (χ0v) is 21.9. The van der Waals surface area contributed by atoms with Crippen molar-refractivity contribution in [1.82, 2.24) is 4.90 Å². The topological polar surface area (TPSA) is 138 Å². The summed E-state index contributed by atoms with van der Waals surface area (Å²) < 4.78 is 5.31. The van der Waals surface area contributed by atoms with E-state index in [1.165, 1.54) is 18.1 Å². The van der Waals surface area contributed by atoms with Gasteiger partial charge in [0.25, 0.3) is 0 Å². The molecule has 1 heterocycles. The lowest BCUT2D eigenvalue weighted by atomic mass is 9.59. The number of ketones is 2. The summed E-state index contributed by atoms with van der Waals surface area (Å²) >= 11 is 0. The fourth-order valence-corrected chi connectivity index (χ4v) is 6.66. The average Bonchev–Trinajstić information content (AvgIpc) is 3.15. The number of aromatic hydroxyl groups is 1. The van der Waals surface area contributed by atoms with E-state index < -0.39 is 29.6 Å². The number of rotatable bonds is 8. The number of Topliss-reactive ketones (excluding diaryl/α,β-unsaturated/α-hetero) is 1. The minimum atomic E-state index is -0.878. The van der Waals surface area contributed by atoms with Gasteiger partial charge in [-0.2, -0.15) is 0 Å². The summed E-state index contributed by atoms with van der Waals surface area (Å²) in [6.07, 6.45) is 5.33. The molecule has 4 atom stereocenters. The van der Waals surface area contributed by atoms with E-state index in [4.69, 9.17) is 9.84 Å². The molecule has 9 heteroatoms. The molecule has 3 aliphatic carbocycles. The van der Waals surface area contributed by atoms with Crippen molar-refractivity contribution in [2.24, 2.45) is 17.8 Å². The van der Waals surface area contributed by atoms with Gasteiger partial charge in [-0.3, -0.25) is 28.9 Å². The fourth-order valence-electron chi connectivity index (χ4n) is 6.66. The number of likely N-dealkylation sites (tertiary alicyclic amines) is 1. The second-order valence-electron chi connectivity index (χ2n) is 10.7. The van der Waals surface area contributed by atoms with Gasteiger partial charge in [0.05, 0.1) is 18.9 Å². The van der Waals surface area contributed by atoms with Gasteiger partial charge in [0.15, 0.2) is 23.1 Å². The Morgan fingerprint density at radius 2 is 1.85 bits per heavy atom. The molecule has 1 saturated heterocycles. The summed E-state index contributed by atoms with van der Waals surface area (Å²) in [4.78, 5) is 65.7. The molecular formula is C30H31NO8. The highest BCUT2D eigenvalue weighted by atomic mass is 16.5. The number of carboxylic acid groups (broad SMARTS) is 1. The Labute approximate surface area is 225 Å². The van der Waals surface area contributed by atoms with Crippen molar-refractivity contribution >= 4 is 29.4 Å². The van der Waals surface area contributed by atoms with Gasteiger partial charge in [0.2, 0.25) is 11.8 Å². The molecule has 1 aromatic rings. The van der Waals surface area contributed by atoms with E-state index in [-0.39, 0.29) is 54.3 Å². The number of carbonyl (C=O) groups is 5. The van der Waals surface area contributed by atoms with E-state index in [0.29, 0.717) is 48.0 Å². The van der Waals surface area contributed by atoms with Gasteiger partial charge < -0.3 is 14.9 Å². The third-order valence-electron chi connectivity index (χ3n) is 8.49. The SMILES string of the molecule is COc1cccc([C@H]2C3=CC[C@@H]4C(=O)N(CCCCCC(=O)O)C(=O)[C@@H]4[C@@H]3CC3=C2C(=O)C(C)=CC3=O)c1O. The first-order valence-corrected chi connectivity index (χ1v) is 13.3. The van der Waals surface area contributed by atoms with Crippen LogP contribution >= 0.6 is 0 Å². The maximum absolute atomic E-state index is 13.7. The number of phenolic OH excluding ortho intramolecular Hbond substituents is 1. The van der Waals surface area contributed by atoms with E-state index in [1.807, 2.05) is 6.08 Å². The first kappa shape index (κ1) is 26.6. The summed E-state index contributed by atoms with van der Waals surface area (Å²) in [6.45, 7) is 1.82. The minimum absolute atomic E-state index is 0.0408. The van der Waals surface area contributed by atoms with Gasteiger partial charge >= 0.3 is 5.97 Å². The Hall–Kier alpha value is -4.01. The number of allylic oxidation sites excluding steroid dienone is 6. The molecule has 204 valence electrons. The van der Waals surface area contributed by atoms with Crippen LogP contribution in [0.4, 0.5) is 0 Å². The standard InChI is InChI=1S/C30H31NO8/c1-15-13-21(32)20-14-19-16(24(26(20)27(15)35)17-7-6-8-22(39-2)28(17)36)10-11-18-25(19)30(38)31(29(18)37)12-5-3-4-9-23(33)34/h6-8,10,13,18-19,24-25,36H,3-5,9,11-12,14H2,1-2H3,(H,33,34)/t18-,19+,24+,25-/m0/s1. The number of hydrogen-bond donors (Lipinski definition) is 2. The van der Waals surface area contributed by atoms with Crippen LogP contribution in [0.2, 0.25) is 0 Å². The smallest absolute Gasteiger partial charge is 0.303 e. The number of ether oxygens (including phenoxy) is 1. The molecule has 0 spiro atoms. The van der Waals surface area contributed by atoms with Gasteiger partial charge in [-0.05, 0) is 50.7 Å². The first-order valence-electron chi connectivity index (χ1n) is 13.3. The molecule has 0 unspecified atom stereocenters. The van der Waals surface area contributed by atoms with Gasteiger partial charge in [-0.15, -0.1) is 0 Å². The second kappa shape index (κ2) is 10.3. The van der Waals surface area contributed by atoms with Crippen LogP contribution in [0.5, 0.6) is 11.5 Å². The van der Waals surface area contributed by atoms with Gasteiger partial charge in [-0.25, -0.2) is 0 Å². The molecule has 1 aromatic carbocycles. The molecular weight excluding hydrogens is 502 g/mol. The summed E-state index contributed by atoms with van der Waals surface area (Å²) in [7, 11) is 1.43. The Bertz CT molecular complexity index is 1380. The number of methoxy groups -OCH3 is 1. The van der Waals surface area contributed by atoms with Gasteiger partial charge in [0.1, 0.15) is 0 Å². The third kappa shape index (κ3) is 4.39. The van der Waals surface area contributed by atoms with E-state index in [2.05, 4.69) is 0 Å². The Morgan fingerprint density at radius 3 is 2.56 bits per heavy atom. The van der Waals surface area contributed by atoms with Crippen molar-refractivity contribution in [3.8, 4) is 11.5 Å². The molecule has 2 amide bonds. The maximum atomic E-state index is 13.7. The zero-order valence-electron chi connectivity index (χ0n) is 21.9. The number of nitrogens with zero attached hydrogens (tertiary/aromatic N) is 1. The molecule has 1 fully saturated rings. The molecule has 9 nitrogen and oxygen atoms in total. The molecule has 2 N–H and O–H groups in total. The van der Waals surface area contributed by atoms with Gasteiger partial charge in [-0.1, -0.05) is 30.2 Å². The number of fused-ring (bicyclic) bond motifs is 3. The molecule has 1 aliphatic heterocycles. The monoisotopic (exact) mass is 533 g/mol. The summed E-state index contributed by atoms with van der Waals surface area (Å²) in [5.41, 5.74) is 2.14. The van der Waals surface area contributed by atoms with Crippen molar-refractivity contribution in [3.05, 3.63) is 58.2 Å². The lowest BCUT2D eigenvalue weighted by Crippen LogP contribution is -2.40. The number of imide groups is 1. The van der Waals surface area contributed by atoms with Crippen LogP contribution in [0.15, 0.2) is 52.6 Å². The zero-order chi connectivity index (χ0) is 28.0.